The zero-order valence-corrected chi connectivity index (χ0v) is 17.3. The third kappa shape index (κ3) is 3.52. The molecule has 1 aliphatic rings. The van der Waals surface area contributed by atoms with Gasteiger partial charge in [0.05, 0.1) is 22.4 Å². The molecule has 7 heteroatoms. The van der Waals surface area contributed by atoms with E-state index < -0.39 is 17.8 Å². The van der Waals surface area contributed by atoms with E-state index in [1.807, 2.05) is 30.3 Å². The number of carbonyl (C=O) groups is 1. The summed E-state index contributed by atoms with van der Waals surface area (Å²) < 4.78 is 21.8. The van der Waals surface area contributed by atoms with E-state index in [-0.39, 0.29) is 23.3 Å². The van der Waals surface area contributed by atoms with Crippen LogP contribution in [0.5, 0.6) is 0 Å². The Morgan fingerprint density at radius 1 is 1.20 bits per heavy atom. The quantitative estimate of drug-likeness (QED) is 0.608. The molecule has 1 unspecified atom stereocenters. The molecule has 0 aliphatic carbocycles. The first kappa shape index (κ1) is 20.0. The van der Waals surface area contributed by atoms with Gasteiger partial charge in [-0.1, -0.05) is 59.9 Å². The maximum atomic E-state index is 14.8. The van der Waals surface area contributed by atoms with Crippen LogP contribution in [0, 0.1) is 5.82 Å². The molecule has 1 atom stereocenters. The van der Waals surface area contributed by atoms with Crippen molar-refractivity contribution in [3.63, 3.8) is 0 Å². The SMILES string of the molecule is CCOC(=O)C1=C(C)N=c2s/c(=C\c3ccccc3)c(=O)n2C1c1ccccc1F. The zero-order valence-electron chi connectivity index (χ0n) is 16.5. The number of fused-ring (bicyclic) bond motifs is 1. The van der Waals surface area contributed by atoms with Gasteiger partial charge in [-0.3, -0.25) is 9.36 Å². The van der Waals surface area contributed by atoms with Gasteiger partial charge in [-0.05, 0) is 31.6 Å². The Kier molecular flexibility index (Phi) is 5.46. The predicted octanol–water partition coefficient (Wildman–Crippen LogP) is 2.94. The molecule has 0 N–H and O–H groups in total. The maximum absolute atomic E-state index is 14.8. The highest BCUT2D eigenvalue weighted by molar-refractivity contribution is 7.07. The van der Waals surface area contributed by atoms with E-state index in [1.165, 1.54) is 22.0 Å². The van der Waals surface area contributed by atoms with Crippen molar-refractivity contribution >= 4 is 23.4 Å². The fourth-order valence-electron chi connectivity index (χ4n) is 3.48. The minimum atomic E-state index is -0.945. The summed E-state index contributed by atoms with van der Waals surface area (Å²) in [6.45, 7) is 3.54. The summed E-state index contributed by atoms with van der Waals surface area (Å²) in [5.74, 6) is -1.11. The van der Waals surface area contributed by atoms with Crippen LogP contribution >= 0.6 is 11.3 Å². The normalized spacial score (nSPS) is 16.2. The Morgan fingerprint density at radius 3 is 2.60 bits per heavy atom. The van der Waals surface area contributed by atoms with Crippen LogP contribution in [0.2, 0.25) is 0 Å². The van der Waals surface area contributed by atoms with E-state index in [4.69, 9.17) is 4.74 Å². The summed E-state index contributed by atoms with van der Waals surface area (Å²) in [6.07, 6.45) is 1.77. The van der Waals surface area contributed by atoms with Gasteiger partial charge in [0, 0.05) is 5.56 Å². The topological polar surface area (TPSA) is 60.7 Å². The maximum Gasteiger partial charge on any atom is 0.338 e. The molecule has 0 fully saturated rings. The average molecular weight is 422 g/mol. The number of nitrogens with zero attached hydrogens (tertiary/aromatic N) is 2. The van der Waals surface area contributed by atoms with Crippen LogP contribution in [-0.2, 0) is 9.53 Å². The number of halogens is 1. The van der Waals surface area contributed by atoms with Crippen molar-refractivity contribution in [2.45, 2.75) is 19.9 Å². The van der Waals surface area contributed by atoms with Gasteiger partial charge in [-0.15, -0.1) is 0 Å². The van der Waals surface area contributed by atoms with Crippen molar-refractivity contribution < 1.29 is 13.9 Å². The van der Waals surface area contributed by atoms with Gasteiger partial charge < -0.3 is 4.74 Å². The van der Waals surface area contributed by atoms with Gasteiger partial charge in [-0.2, -0.15) is 0 Å². The number of hydrogen-bond donors (Lipinski definition) is 0. The number of ether oxygens (including phenoxy) is 1. The number of esters is 1. The summed E-state index contributed by atoms with van der Waals surface area (Å²) in [7, 11) is 0. The van der Waals surface area contributed by atoms with Gasteiger partial charge in [0.1, 0.15) is 11.9 Å². The number of carbonyl (C=O) groups excluding carboxylic acids is 1. The first-order valence-electron chi connectivity index (χ1n) is 9.50. The molecule has 1 aliphatic heterocycles. The molecule has 0 bridgehead atoms. The third-order valence-electron chi connectivity index (χ3n) is 4.81. The number of hydrogen-bond acceptors (Lipinski definition) is 5. The summed E-state index contributed by atoms with van der Waals surface area (Å²) in [5.41, 5.74) is 1.34. The van der Waals surface area contributed by atoms with Gasteiger partial charge in [0.25, 0.3) is 5.56 Å². The van der Waals surface area contributed by atoms with E-state index in [9.17, 15) is 14.0 Å². The molecule has 0 saturated heterocycles. The lowest BCUT2D eigenvalue weighted by molar-refractivity contribution is -0.139. The Labute approximate surface area is 176 Å². The molecule has 0 saturated carbocycles. The van der Waals surface area contributed by atoms with Crippen molar-refractivity contribution in [3.05, 3.63) is 102 Å². The highest BCUT2D eigenvalue weighted by Gasteiger charge is 2.34. The standard InChI is InChI=1S/C23H19FN2O3S/c1-3-29-22(28)19-14(2)25-23-26(20(19)16-11-7-8-12-17(16)24)21(27)18(30-23)13-15-9-5-4-6-10-15/h4-13,20H,3H2,1-2H3/b18-13-. The third-order valence-corrected chi connectivity index (χ3v) is 5.80. The van der Waals surface area contributed by atoms with Crippen LogP contribution in [0.25, 0.3) is 6.08 Å². The number of allylic oxidation sites excluding steroid dienone is 1. The van der Waals surface area contributed by atoms with Crippen molar-refractivity contribution in [2.75, 3.05) is 6.61 Å². The van der Waals surface area contributed by atoms with Crippen LogP contribution in [0.3, 0.4) is 0 Å². The Morgan fingerprint density at radius 2 is 1.90 bits per heavy atom. The van der Waals surface area contributed by atoms with Crippen LogP contribution in [0.1, 0.15) is 31.0 Å². The molecular formula is C23H19FN2O3S. The molecule has 5 nitrogen and oxygen atoms in total. The van der Waals surface area contributed by atoms with Crippen LogP contribution in [0.15, 0.2) is 75.7 Å². The van der Waals surface area contributed by atoms with Gasteiger partial charge >= 0.3 is 5.97 Å². The highest BCUT2D eigenvalue weighted by Crippen LogP contribution is 2.32. The summed E-state index contributed by atoms with van der Waals surface area (Å²) in [4.78, 5) is 31.0. The van der Waals surface area contributed by atoms with Gasteiger partial charge in [0.15, 0.2) is 4.80 Å². The largest absolute Gasteiger partial charge is 0.463 e. The molecule has 152 valence electrons. The molecule has 2 aromatic carbocycles. The second-order valence-electron chi connectivity index (χ2n) is 6.73. The Balaban J connectivity index is 1.99. The van der Waals surface area contributed by atoms with Crippen molar-refractivity contribution in [1.82, 2.24) is 4.57 Å². The molecule has 0 spiro atoms. The Bertz CT molecular complexity index is 1320. The molecule has 1 aromatic heterocycles. The molecule has 0 amide bonds. The minimum Gasteiger partial charge on any atom is -0.463 e. The zero-order chi connectivity index (χ0) is 21.3. The number of rotatable bonds is 4. The molecule has 30 heavy (non-hydrogen) atoms. The van der Waals surface area contributed by atoms with E-state index in [1.54, 1.807) is 38.1 Å². The lowest BCUT2D eigenvalue weighted by atomic mass is 9.95. The van der Waals surface area contributed by atoms with Crippen LogP contribution < -0.4 is 14.9 Å². The van der Waals surface area contributed by atoms with Crippen molar-refractivity contribution in [1.29, 1.82) is 0 Å². The van der Waals surface area contributed by atoms with Crippen LogP contribution in [-0.4, -0.2) is 17.1 Å². The summed E-state index contributed by atoms with van der Waals surface area (Å²) in [5, 5.41) is 0. The fraction of sp³-hybridized carbons (Fsp3) is 0.174. The van der Waals surface area contributed by atoms with Crippen LogP contribution in [0.4, 0.5) is 4.39 Å². The van der Waals surface area contributed by atoms with E-state index in [0.29, 0.717) is 15.0 Å². The second kappa shape index (κ2) is 8.20. The van der Waals surface area contributed by atoms with Crippen molar-refractivity contribution in [2.24, 2.45) is 4.99 Å². The van der Waals surface area contributed by atoms with Crippen molar-refractivity contribution in [3.8, 4) is 0 Å². The fourth-order valence-corrected chi connectivity index (χ4v) is 4.53. The smallest absolute Gasteiger partial charge is 0.338 e. The van der Waals surface area contributed by atoms with E-state index in [0.717, 1.165) is 5.56 Å². The predicted molar refractivity (Wildman–Crippen MR) is 113 cm³/mol. The first-order valence-corrected chi connectivity index (χ1v) is 10.3. The van der Waals surface area contributed by atoms with E-state index >= 15 is 0 Å². The molecular weight excluding hydrogens is 403 g/mol. The number of benzene rings is 2. The first-order chi connectivity index (χ1) is 14.5. The lowest BCUT2D eigenvalue weighted by Crippen LogP contribution is -2.40. The minimum absolute atomic E-state index is 0.165. The molecule has 2 heterocycles. The molecule has 4 rings (SSSR count). The van der Waals surface area contributed by atoms with E-state index in [2.05, 4.69) is 4.99 Å². The van der Waals surface area contributed by atoms with Gasteiger partial charge in [0.2, 0.25) is 0 Å². The molecule has 0 radical (unpaired) electrons. The monoisotopic (exact) mass is 422 g/mol. The highest BCUT2D eigenvalue weighted by atomic mass is 32.1. The Hall–Kier alpha value is -3.32. The summed E-state index contributed by atoms with van der Waals surface area (Å²) in [6, 6.07) is 14.6. The second-order valence-corrected chi connectivity index (χ2v) is 7.74. The summed E-state index contributed by atoms with van der Waals surface area (Å²) >= 11 is 1.21. The lowest BCUT2D eigenvalue weighted by Gasteiger charge is -2.24. The van der Waals surface area contributed by atoms with Gasteiger partial charge in [-0.25, -0.2) is 14.2 Å². The molecule has 3 aromatic rings. The number of aromatic nitrogens is 1. The average Bonchev–Trinajstić information content (AvgIpc) is 3.03. The number of thiazole rings is 1.